The van der Waals surface area contributed by atoms with Crippen LogP contribution in [0.2, 0.25) is 0 Å². The molecule has 3 atom stereocenters. The molecule has 1 fully saturated rings. The lowest BCUT2D eigenvalue weighted by Crippen LogP contribution is -2.43. The maximum atomic E-state index is 12.6. The molecule has 4 heteroatoms. The third-order valence-corrected chi connectivity index (χ3v) is 4.98. The summed E-state index contributed by atoms with van der Waals surface area (Å²) in [5, 5.41) is 8.94. The van der Waals surface area contributed by atoms with E-state index in [1.807, 2.05) is 36.7 Å². The van der Waals surface area contributed by atoms with Gasteiger partial charge in [0.15, 0.2) is 0 Å². The molecule has 3 rings (SSSR count). The predicted molar refractivity (Wildman–Crippen MR) is 88.7 cm³/mol. The zero-order valence-electron chi connectivity index (χ0n) is 13.7. The van der Waals surface area contributed by atoms with Crippen LogP contribution in [0.3, 0.4) is 0 Å². The molecule has 0 radical (unpaired) electrons. The minimum Gasteiger partial charge on any atom is -0.351 e. The second-order valence-corrected chi connectivity index (χ2v) is 6.60. The summed E-state index contributed by atoms with van der Waals surface area (Å²) in [6, 6.07) is 8.12. The van der Waals surface area contributed by atoms with Gasteiger partial charge in [-0.15, -0.1) is 0 Å². The molecule has 0 aliphatic heterocycles. The molecule has 4 nitrogen and oxygen atoms in total. The van der Waals surface area contributed by atoms with Gasteiger partial charge >= 0.3 is 0 Å². The van der Waals surface area contributed by atoms with Crippen molar-refractivity contribution >= 4 is 16.8 Å². The molecule has 1 aliphatic rings. The van der Waals surface area contributed by atoms with Gasteiger partial charge in [0.05, 0.1) is 11.2 Å². The Balaban J connectivity index is 1.80. The first kappa shape index (κ1) is 15.1. The number of para-hydroxylation sites is 1. The number of nitrogens with zero attached hydrogens (tertiary/aromatic N) is 2. The molecule has 0 saturated heterocycles. The van der Waals surface area contributed by atoms with Crippen molar-refractivity contribution in [2.24, 2.45) is 5.92 Å². The molecule has 1 aromatic carbocycles. The Morgan fingerprint density at radius 3 is 2.82 bits per heavy atom. The minimum atomic E-state index is -0.285. The number of nitrogens with one attached hydrogen (secondary N) is 1. The number of aromatic nitrogens is 2. The molecular weight excluding hydrogens is 274 g/mol. The second kappa shape index (κ2) is 6.11. The van der Waals surface area contributed by atoms with Gasteiger partial charge in [-0.2, -0.15) is 5.10 Å². The minimum absolute atomic E-state index is 0.0759. The van der Waals surface area contributed by atoms with Gasteiger partial charge in [0.25, 0.3) is 0 Å². The van der Waals surface area contributed by atoms with Crippen molar-refractivity contribution in [3.05, 3.63) is 30.0 Å². The van der Waals surface area contributed by atoms with Crippen LogP contribution < -0.4 is 5.32 Å². The van der Waals surface area contributed by atoms with Crippen molar-refractivity contribution in [2.45, 2.75) is 58.5 Å². The highest BCUT2D eigenvalue weighted by molar-refractivity contribution is 5.86. The number of rotatable bonds is 3. The summed E-state index contributed by atoms with van der Waals surface area (Å²) in [6.07, 6.45) is 4.81. The first-order valence-corrected chi connectivity index (χ1v) is 8.32. The standard InChI is InChI=1S/C18H25N3O/c1-12-8-4-6-10-16(12)19-18(22)14(3)21-17-11-7-5-9-15(17)13(2)20-21/h5,7,9,11-12,14,16H,4,6,8,10H2,1-3H3,(H,19,22). The molecule has 118 valence electrons. The van der Waals surface area contributed by atoms with Gasteiger partial charge in [-0.3, -0.25) is 9.48 Å². The largest absolute Gasteiger partial charge is 0.351 e. The van der Waals surface area contributed by atoms with Crippen LogP contribution in [0.1, 0.15) is 51.3 Å². The Kier molecular flexibility index (Phi) is 4.19. The van der Waals surface area contributed by atoms with E-state index in [1.54, 1.807) is 0 Å². The average molecular weight is 299 g/mol. The molecule has 3 unspecified atom stereocenters. The van der Waals surface area contributed by atoms with Crippen molar-refractivity contribution in [3.8, 4) is 0 Å². The summed E-state index contributed by atoms with van der Waals surface area (Å²) >= 11 is 0. The van der Waals surface area contributed by atoms with Gasteiger partial charge in [0.1, 0.15) is 6.04 Å². The number of hydrogen-bond donors (Lipinski definition) is 1. The van der Waals surface area contributed by atoms with E-state index >= 15 is 0 Å². The van der Waals surface area contributed by atoms with Crippen molar-refractivity contribution in [1.82, 2.24) is 15.1 Å². The second-order valence-electron chi connectivity index (χ2n) is 6.60. The van der Waals surface area contributed by atoms with Crippen molar-refractivity contribution in [1.29, 1.82) is 0 Å². The van der Waals surface area contributed by atoms with Crippen LogP contribution in [0.4, 0.5) is 0 Å². The predicted octanol–water partition coefficient (Wildman–Crippen LogP) is 3.60. The summed E-state index contributed by atoms with van der Waals surface area (Å²) in [4.78, 5) is 12.6. The smallest absolute Gasteiger partial charge is 0.244 e. The van der Waals surface area contributed by atoms with Crippen LogP contribution in [-0.2, 0) is 4.79 Å². The van der Waals surface area contributed by atoms with E-state index in [0.29, 0.717) is 12.0 Å². The number of carbonyl (C=O) groups excluding carboxylic acids is 1. The van der Waals surface area contributed by atoms with Crippen molar-refractivity contribution in [2.75, 3.05) is 0 Å². The average Bonchev–Trinajstić information content (AvgIpc) is 2.86. The highest BCUT2D eigenvalue weighted by atomic mass is 16.2. The van der Waals surface area contributed by atoms with Crippen LogP contribution >= 0.6 is 0 Å². The monoisotopic (exact) mass is 299 g/mol. The fourth-order valence-corrected chi connectivity index (χ4v) is 3.49. The lowest BCUT2D eigenvalue weighted by Gasteiger charge is -2.30. The molecule has 0 bridgehead atoms. The van der Waals surface area contributed by atoms with E-state index in [4.69, 9.17) is 0 Å². The number of fused-ring (bicyclic) bond motifs is 1. The Labute approximate surface area is 131 Å². The third kappa shape index (κ3) is 2.74. The van der Waals surface area contributed by atoms with Gasteiger partial charge in [-0.1, -0.05) is 38.0 Å². The summed E-state index contributed by atoms with van der Waals surface area (Å²) in [6.45, 7) is 6.16. The van der Waals surface area contributed by atoms with E-state index in [0.717, 1.165) is 23.0 Å². The Morgan fingerprint density at radius 1 is 1.32 bits per heavy atom. The number of hydrogen-bond acceptors (Lipinski definition) is 2. The van der Waals surface area contributed by atoms with Crippen LogP contribution in [-0.4, -0.2) is 21.7 Å². The Hall–Kier alpha value is -1.84. The number of amides is 1. The van der Waals surface area contributed by atoms with Crippen molar-refractivity contribution < 1.29 is 4.79 Å². The van der Waals surface area contributed by atoms with Gasteiger partial charge in [-0.05, 0) is 38.7 Å². The normalized spacial score (nSPS) is 23.4. The highest BCUT2D eigenvalue weighted by Gasteiger charge is 2.26. The SMILES string of the molecule is Cc1nn(C(C)C(=O)NC2CCCCC2C)c2ccccc12. The lowest BCUT2D eigenvalue weighted by molar-refractivity contribution is -0.125. The first-order valence-electron chi connectivity index (χ1n) is 8.32. The maximum absolute atomic E-state index is 12.6. The topological polar surface area (TPSA) is 46.9 Å². The molecule has 1 heterocycles. The van der Waals surface area contributed by atoms with Crippen LogP contribution in [0.15, 0.2) is 24.3 Å². The molecule has 0 spiro atoms. The van der Waals surface area contributed by atoms with Gasteiger partial charge in [-0.25, -0.2) is 0 Å². The summed E-state index contributed by atoms with van der Waals surface area (Å²) in [5.41, 5.74) is 2.00. The van der Waals surface area contributed by atoms with E-state index in [2.05, 4.69) is 23.4 Å². The van der Waals surface area contributed by atoms with Crippen LogP contribution in [0.25, 0.3) is 10.9 Å². The molecular formula is C18H25N3O. The Morgan fingerprint density at radius 2 is 2.05 bits per heavy atom. The van der Waals surface area contributed by atoms with Crippen molar-refractivity contribution in [3.63, 3.8) is 0 Å². The maximum Gasteiger partial charge on any atom is 0.244 e. The molecule has 2 aromatic rings. The number of aryl methyl sites for hydroxylation is 1. The van der Waals surface area contributed by atoms with E-state index in [1.165, 1.54) is 19.3 Å². The Bertz CT molecular complexity index is 676. The summed E-state index contributed by atoms with van der Waals surface area (Å²) in [7, 11) is 0. The fourth-order valence-electron chi connectivity index (χ4n) is 3.49. The lowest BCUT2D eigenvalue weighted by atomic mass is 9.86. The van der Waals surface area contributed by atoms with E-state index in [-0.39, 0.29) is 11.9 Å². The van der Waals surface area contributed by atoms with Crippen LogP contribution in [0, 0.1) is 12.8 Å². The van der Waals surface area contributed by atoms with Gasteiger partial charge in [0.2, 0.25) is 5.91 Å². The molecule has 1 aromatic heterocycles. The quantitative estimate of drug-likeness (QED) is 0.941. The molecule has 1 saturated carbocycles. The summed E-state index contributed by atoms with van der Waals surface area (Å²) in [5.74, 6) is 0.646. The van der Waals surface area contributed by atoms with E-state index < -0.39 is 0 Å². The molecule has 1 amide bonds. The fraction of sp³-hybridized carbons (Fsp3) is 0.556. The molecule has 22 heavy (non-hydrogen) atoms. The molecule has 1 N–H and O–H groups in total. The highest BCUT2D eigenvalue weighted by Crippen LogP contribution is 2.25. The van der Waals surface area contributed by atoms with Crippen LogP contribution in [0.5, 0.6) is 0 Å². The van der Waals surface area contributed by atoms with E-state index in [9.17, 15) is 4.79 Å². The third-order valence-electron chi connectivity index (χ3n) is 4.98. The summed E-state index contributed by atoms with van der Waals surface area (Å²) < 4.78 is 1.85. The number of benzene rings is 1. The zero-order chi connectivity index (χ0) is 15.7. The number of carbonyl (C=O) groups is 1. The zero-order valence-corrected chi connectivity index (χ0v) is 13.7. The van der Waals surface area contributed by atoms with Gasteiger partial charge < -0.3 is 5.32 Å². The first-order chi connectivity index (χ1) is 10.6. The van der Waals surface area contributed by atoms with Gasteiger partial charge in [0, 0.05) is 11.4 Å². The molecule has 1 aliphatic carbocycles.